The molecule has 0 saturated carbocycles. The van der Waals surface area contributed by atoms with Crippen LogP contribution >= 0.6 is 0 Å². The summed E-state index contributed by atoms with van der Waals surface area (Å²) < 4.78 is 28.3. The van der Waals surface area contributed by atoms with Crippen LogP contribution in [-0.4, -0.2) is 28.0 Å². The number of amides is 1. The molecule has 1 amide bonds. The van der Waals surface area contributed by atoms with Gasteiger partial charge in [-0.25, -0.2) is 13.6 Å². The molecule has 0 unspecified atom stereocenters. The fourth-order valence-corrected chi connectivity index (χ4v) is 3.41. The van der Waals surface area contributed by atoms with E-state index in [1.54, 1.807) is 18.2 Å². The molecule has 0 bridgehead atoms. The molecule has 2 rings (SSSR count). The van der Waals surface area contributed by atoms with Crippen LogP contribution in [0.1, 0.15) is 22.3 Å². The van der Waals surface area contributed by atoms with Crippen molar-refractivity contribution >= 4 is 22.0 Å². The number of rotatable bonds is 7. The zero-order chi connectivity index (χ0) is 20.0. The van der Waals surface area contributed by atoms with E-state index in [0.717, 1.165) is 16.7 Å². The van der Waals surface area contributed by atoms with Crippen molar-refractivity contribution in [3.63, 3.8) is 0 Å². The van der Waals surface area contributed by atoms with Crippen LogP contribution in [0.5, 0.6) is 5.75 Å². The monoisotopic (exact) mass is 388 g/mol. The highest BCUT2D eigenvalue weighted by molar-refractivity contribution is 7.89. The van der Waals surface area contributed by atoms with E-state index in [9.17, 15) is 13.2 Å². The molecule has 3 N–H and O–H groups in total. The molecule has 0 radical (unpaired) electrons. The summed E-state index contributed by atoms with van der Waals surface area (Å²) in [6.45, 7) is 4.39. The van der Waals surface area contributed by atoms with Gasteiger partial charge in [0.2, 0.25) is 15.9 Å². The van der Waals surface area contributed by atoms with Crippen molar-refractivity contribution in [1.82, 2.24) is 5.32 Å². The number of nitrogens with two attached hydrogens (primary N) is 1. The van der Waals surface area contributed by atoms with Gasteiger partial charge in [0, 0.05) is 12.6 Å². The molecule has 2 aromatic carbocycles. The number of nitrogens with one attached hydrogen (secondary N) is 1. The minimum atomic E-state index is -3.88. The van der Waals surface area contributed by atoms with Gasteiger partial charge < -0.3 is 10.1 Å². The fraction of sp³-hybridized carbons (Fsp3) is 0.250. The van der Waals surface area contributed by atoms with Crippen molar-refractivity contribution < 1.29 is 17.9 Å². The summed E-state index contributed by atoms with van der Waals surface area (Å²) in [5.41, 5.74) is 4.00. The Morgan fingerprint density at radius 3 is 2.56 bits per heavy atom. The third-order valence-corrected chi connectivity index (χ3v) is 5.02. The molecule has 0 aliphatic carbocycles. The molecule has 144 valence electrons. The number of hydrogen-bond donors (Lipinski definition) is 2. The topological polar surface area (TPSA) is 98.5 Å². The van der Waals surface area contributed by atoms with Crippen LogP contribution in [0.3, 0.4) is 0 Å². The number of sulfonamides is 1. The number of primary sulfonamides is 1. The van der Waals surface area contributed by atoms with Gasteiger partial charge in [0.15, 0.2) is 0 Å². The van der Waals surface area contributed by atoms with Gasteiger partial charge in [-0.3, -0.25) is 4.79 Å². The van der Waals surface area contributed by atoms with Gasteiger partial charge in [-0.05, 0) is 55.2 Å². The van der Waals surface area contributed by atoms with E-state index in [0.29, 0.717) is 13.0 Å². The number of carbonyl (C=O) groups is 1. The maximum absolute atomic E-state index is 12.0. The minimum absolute atomic E-state index is 0.0661. The largest absolute Gasteiger partial charge is 0.495 e. The lowest BCUT2D eigenvalue weighted by molar-refractivity contribution is -0.116. The lowest BCUT2D eigenvalue weighted by Crippen LogP contribution is -2.23. The SMILES string of the molecule is COc1ccc(CCNC(=O)C=Cc2ccc(C)cc2C)cc1S(N)(=O)=O. The summed E-state index contributed by atoms with van der Waals surface area (Å²) in [5, 5.41) is 7.99. The van der Waals surface area contributed by atoms with Crippen LogP contribution < -0.4 is 15.2 Å². The molecule has 0 spiro atoms. The van der Waals surface area contributed by atoms with E-state index in [4.69, 9.17) is 9.88 Å². The van der Waals surface area contributed by atoms with Gasteiger partial charge >= 0.3 is 0 Å². The first kappa shape index (κ1) is 20.7. The van der Waals surface area contributed by atoms with Crippen molar-refractivity contribution in [2.45, 2.75) is 25.2 Å². The molecule has 27 heavy (non-hydrogen) atoms. The van der Waals surface area contributed by atoms with Crippen LogP contribution in [0.2, 0.25) is 0 Å². The Kier molecular flexibility index (Phi) is 6.76. The molecule has 0 aliphatic rings. The Labute approximate surface area is 160 Å². The zero-order valence-corrected chi connectivity index (χ0v) is 16.5. The Bertz CT molecular complexity index is 966. The maximum Gasteiger partial charge on any atom is 0.244 e. The van der Waals surface area contributed by atoms with E-state index in [1.807, 2.05) is 26.0 Å². The van der Waals surface area contributed by atoms with Crippen LogP contribution in [0.4, 0.5) is 0 Å². The number of hydrogen-bond acceptors (Lipinski definition) is 4. The average Bonchev–Trinajstić information content (AvgIpc) is 2.60. The Morgan fingerprint density at radius 1 is 1.19 bits per heavy atom. The first-order valence-corrected chi connectivity index (χ1v) is 9.98. The predicted molar refractivity (Wildman–Crippen MR) is 106 cm³/mol. The first-order chi connectivity index (χ1) is 12.7. The number of methoxy groups -OCH3 is 1. The summed E-state index contributed by atoms with van der Waals surface area (Å²) in [4.78, 5) is 11.9. The highest BCUT2D eigenvalue weighted by atomic mass is 32.2. The minimum Gasteiger partial charge on any atom is -0.495 e. The summed E-state index contributed by atoms with van der Waals surface area (Å²) >= 11 is 0. The molecule has 0 aromatic heterocycles. The molecule has 0 atom stereocenters. The summed E-state index contributed by atoms with van der Waals surface area (Å²) in [5.74, 6) is -0.0168. The molecule has 6 nitrogen and oxygen atoms in total. The van der Waals surface area contributed by atoms with Crippen LogP contribution in [0, 0.1) is 13.8 Å². The van der Waals surface area contributed by atoms with Crippen molar-refractivity contribution in [2.24, 2.45) is 5.14 Å². The lowest BCUT2D eigenvalue weighted by atomic mass is 10.1. The molecule has 0 aliphatic heterocycles. The van der Waals surface area contributed by atoms with Crippen LogP contribution in [0.25, 0.3) is 6.08 Å². The van der Waals surface area contributed by atoms with E-state index in [-0.39, 0.29) is 16.6 Å². The van der Waals surface area contributed by atoms with Crippen molar-refractivity contribution in [3.8, 4) is 5.75 Å². The molecule has 7 heteroatoms. The normalized spacial score (nSPS) is 11.6. The standard InChI is InChI=1S/C20H24N2O4S/c1-14-4-6-17(15(2)12-14)7-9-20(23)22-11-10-16-5-8-18(26-3)19(13-16)27(21,24)25/h4-9,12-13H,10-11H2,1-3H3,(H,22,23)(H2,21,24,25). The highest BCUT2D eigenvalue weighted by Gasteiger charge is 2.15. The van der Waals surface area contributed by atoms with Gasteiger partial charge in [-0.15, -0.1) is 0 Å². The third-order valence-electron chi connectivity index (χ3n) is 4.09. The summed E-state index contributed by atoms with van der Waals surface area (Å²) in [6, 6.07) is 10.8. The Morgan fingerprint density at radius 2 is 1.93 bits per heavy atom. The Hall–Kier alpha value is -2.64. The van der Waals surface area contributed by atoms with E-state index in [2.05, 4.69) is 11.4 Å². The molecule has 0 heterocycles. The quantitative estimate of drug-likeness (QED) is 0.711. The smallest absolute Gasteiger partial charge is 0.244 e. The molecule has 0 saturated heterocycles. The maximum atomic E-state index is 12.0. The van der Waals surface area contributed by atoms with Gasteiger partial charge in [-0.1, -0.05) is 29.8 Å². The van der Waals surface area contributed by atoms with Crippen molar-refractivity contribution in [1.29, 1.82) is 0 Å². The van der Waals surface area contributed by atoms with Crippen LogP contribution in [0.15, 0.2) is 47.4 Å². The van der Waals surface area contributed by atoms with Gasteiger partial charge in [0.1, 0.15) is 10.6 Å². The van der Waals surface area contributed by atoms with E-state index < -0.39 is 10.0 Å². The Balaban J connectivity index is 1.96. The van der Waals surface area contributed by atoms with E-state index >= 15 is 0 Å². The summed E-state index contributed by atoms with van der Waals surface area (Å²) in [7, 11) is -2.50. The van der Waals surface area contributed by atoms with Crippen molar-refractivity contribution in [2.75, 3.05) is 13.7 Å². The number of aryl methyl sites for hydroxylation is 2. The second-order valence-electron chi connectivity index (χ2n) is 6.26. The first-order valence-electron chi connectivity index (χ1n) is 8.43. The second-order valence-corrected chi connectivity index (χ2v) is 7.79. The molecular formula is C20H24N2O4S. The van der Waals surface area contributed by atoms with E-state index in [1.165, 1.54) is 24.8 Å². The van der Waals surface area contributed by atoms with Crippen molar-refractivity contribution in [3.05, 3.63) is 64.7 Å². The molecular weight excluding hydrogens is 364 g/mol. The van der Waals surface area contributed by atoms with Crippen LogP contribution in [-0.2, 0) is 21.2 Å². The van der Waals surface area contributed by atoms with Gasteiger partial charge in [0.25, 0.3) is 0 Å². The zero-order valence-electron chi connectivity index (χ0n) is 15.7. The third kappa shape index (κ3) is 5.94. The number of carbonyl (C=O) groups excluding carboxylic acids is 1. The predicted octanol–water partition coefficient (Wildman–Crippen LogP) is 2.33. The average molecular weight is 388 g/mol. The number of benzene rings is 2. The van der Waals surface area contributed by atoms with Gasteiger partial charge in [0.05, 0.1) is 7.11 Å². The molecule has 0 fully saturated rings. The van der Waals surface area contributed by atoms with Gasteiger partial charge in [-0.2, -0.15) is 0 Å². The fourth-order valence-electron chi connectivity index (χ4n) is 2.67. The lowest BCUT2D eigenvalue weighted by Gasteiger charge is -2.09. The summed E-state index contributed by atoms with van der Waals surface area (Å²) in [6.07, 6.45) is 3.73. The second kappa shape index (κ2) is 8.83. The number of ether oxygens (including phenoxy) is 1. The highest BCUT2D eigenvalue weighted by Crippen LogP contribution is 2.23. The molecule has 2 aromatic rings.